The van der Waals surface area contributed by atoms with Gasteiger partial charge in [-0.1, -0.05) is 35.9 Å². The van der Waals surface area contributed by atoms with Crippen LogP contribution < -0.4 is 4.74 Å². The molecule has 0 heterocycles. The van der Waals surface area contributed by atoms with Gasteiger partial charge in [-0.15, -0.1) is 0 Å². The molecule has 0 aromatic heterocycles. The van der Waals surface area contributed by atoms with Gasteiger partial charge in [0, 0.05) is 5.56 Å². The zero-order valence-corrected chi connectivity index (χ0v) is 11.9. The molecule has 0 aliphatic carbocycles. The second-order valence-electron chi connectivity index (χ2n) is 4.74. The molecular formula is C17H16O4. The lowest BCUT2D eigenvalue weighted by Gasteiger charge is -2.09. The maximum Gasteiger partial charge on any atom is 0.178 e. The van der Waals surface area contributed by atoms with E-state index in [1.165, 1.54) is 13.2 Å². The number of hydrogen-bond acceptors (Lipinski definition) is 4. The maximum atomic E-state index is 12.2. The number of carbonyl (C=O) groups is 2. The Hall–Kier alpha value is -2.62. The van der Waals surface area contributed by atoms with Crippen molar-refractivity contribution in [2.24, 2.45) is 0 Å². The van der Waals surface area contributed by atoms with Crippen LogP contribution in [0.1, 0.15) is 32.7 Å². The zero-order chi connectivity index (χ0) is 15.4. The molecule has 21 heavy (non-hydrogen) atoms. The van der Waals surface area contributed by atoms with E-state index >= 15 is 0 Å². The summed E-state index contributed by atoms with van der Waals surface area (Å²) in [6, 6.07) is 11.6. The Morgan fingerprint density at radius 3 is 2.33 bits per heavy atom. The summed E-state index contributed by atoms with van der Waals surface area (Å²) >= 11 is 0. The number of carbonyl (C=O) groups excluding carboxylic acids is 2. The minimum Gasteiger partial charge on any atom is -0.507 e. The number of aryl methyl sites for hydroxylation is 1. The molecule has 108 valence electrons. The van der Waals surface area contributed by atoms with E-state index in [0.717, 1.165) is 5.56 Å². The first-order chi connectivity index (χ1) is 10.0. The fourth-order valence-corrected chi connectivity index (χ4v) is 2.05. The van der Waals surface area contributed by atoms with Crippen molar-refractivity contribution in [3.05, 3.63) is 59.2 Å². The highest BCUT2D eigenvalue weighted by molar-refractivity contribution is 6.15. The van der Waals surface area contributed by atoms with E-state index < -0.39 is 5.78 Å². The van der Waals surface area contributed by atoms with Crippen LogP contribution in [0, 0.1) is 6.92 Å². The van der Waals surface area contributed by atoms with Gasteiger partial charge in [0.05, 0.1) is 13.5 Å². The standard InChI is InChI=1S/C17H16O4/c1-11-6-8-12(9-7-11)14(19)10-15(20)17-13(18)4-3-5-16(17)21-2/h3-9,18H,10H2,1-2H3. The fraction of sp³-hybridized carbons (Fsp3) is 0.176. The van der Waals surface area contributed by atoms with Crippen molar-refractivity contribution < 1.29 is 19.4 Å². The molecule has 0 fully saturated rings. The molecule has 0 radical (unpaired) electrons. The molecule has 0 unspecified atom stereocenters. The predicted octanol–water partition coefficient (Wildman–Crippen LogP) is 3.16. The first kappa shape index (κ1) is 14.8. The van der Waals surface area contributed by atoms with Crippen LogP contribution in [0.3, 0.4) is 0 Å². The lowest BCUT2D eigenvalue weighted by molar-refractivity contribution is 0.0891. The third kappa shape index (κ3) is 3.28. The quantitative estimate of drug-likeness (QED) is 0.676. The van der Waals surface area contributed by atoms with E-state index in [2.05, 4.69) is 0 Å². The van der Waals surface area contributed by atoms with Gasteiger partial charge < -0.3 is 9.84 Å². The van der Waals surface area contributed by atoms with Crippen molar-refractivity contribution in [1.82, 2.24) is 0 Å². The SMILES string of the molecule is COc1cccc(O)c1C(=O)CC(=O)c1ccc(C)cc1. The summed E-state index contributed by atoms with van der Waals surface area (Å²) in [6.07, 6.45) is -0.309. The topological polar surface area (TPSA) is 63.6 Å². The molecule has 4 heteroatoms. The maximum absolute atomic E-state index is 12.2. The molecule has 0 spiro atoms. The van der Waals surface area contributed by atoms with Crippen molar-refractivity contribution in [2.45, 2.75) is 13.3 Å². The molecule has 0 aliphatic rings. The number of aromatic hydroxyl groups is 1. The third-order valence-corrected chi connectivity index (χ3v) is 3.20. The van der Waals surface area contributed by atoms with Gasteiger partial charge in [-0.3, -0.25) is 9.59 Å². The van der Waals surface area contributed by atoms with Gasteiger partial charge in [-0.25, -0.2) is 0 Å². The van der Waals surface area contributed by atoms with Gasteiger partial charge in [0.25, 0.3) is 0 Å². The van der Waals surface area contributed by atoms with E-state index in [1.807, 2.05) is 19.1 Å². The van der Waals surface area contributed by atoms with Crippen LogP contribution in [-0.4, -0.2) is 23.8 Å². The number of phenolic OH excluding ortho intramolecular Hbond substituents is 1. The Morgan fingerprint density at radius 1 is 1.05 bits per heavy atom. The van der Waals surface area contributed by atoms with E-state index in [4.69, 9.17) is 4.74 Å². The lowest BCUT2D eigenvalue weighted by Crippen LogP contribution is -2.10. The van der Waals surface area contributed by atoms with Crippen molar-refractivity contribution >= 4 is 11.6 Å². The van der Waals surface area contributed by atoms with Crippen LogP contribution >= 0.6 is 0 Å². The Labute approximate surface area is 123 Å². The highest BCUT2D eigenvalue weighted by atomic mass is 16.5. The van der Waals surface area contributed by atoms with Gasteiger partial charge in [-0.2, -0.15) is 0 Å². The molecule has 2 aromatic rings. The summed E-state index contributed by atoms with van der Waals surface area (Å²) in [6.45, 7) is 1.92. The number of rotatable bonds is 5. The molecular weight excluding hydrogens is 268 g/mol. The first-order valence-electron chi connectivity index (χ1n) is 6.52. The molecule has 0 atom stereocenters. The van der Waals surface area contributed by atoms with E-state index in [9.17, 15) is 14.7 Å². The normalized spacial score (nSPS) is 10.2. The molecule has 0 saturated carbocycles. The summed E-state index contributed by atoms with van der Waals surface area (Å²) in [7, 11) is 1.41. The molecule has 0 bridgehead atoms. The van der Waals surface area contributed by atoms with E-state index in [-0.39, 0.29) is 29.3 Å². The summed E-state index contributed by atoms with van der Waals surface area (Å²) in [5.74, 6) is -0.673. The molecule has 2 aromatic carbocycles. The van der Waals surface area contributed by atoms with Crippen molar-refractivity contribution in [2.75, 3.05) is 7.11 Å². The number of Topliss-reactive ketones (excluding diaryl/α,β-unsaturated/α-hetero) is 2. The van der Waals surface area contributed by atoms with Crippen LogP contribution in [0.2, 0.25) is 0 Å². The average Bonchev–Trinajstić information content (AvgIpc) is 2.47. The molecule has 1 N–H and O–H groups in total. The van der Waals surface area contributed by atoms with E-state index in [0.29, 0.717) is 5.56 Å². The number of ketones is 2. The highest BCUT2D eigenvalue weighted by Gasteiger charge is 2.20. The van der Waals surface area contributed by atoms with Crippen molar-refractivity contribution in [3.8, 4) is 11.5 Å². The molecule has 4 nitrogen and oxygen atoms in total. The number of benzene rings is 2. The number of phenols is 1. The highest BCUT2D eigenvalue weighted by Crippen LogP contribution is 2.28. The van der Waals surface area contributed by atoms with Gasteiger partial charge in [0.2, 0.25) is 0 Å². The number of methoxy groups -OCH3 is 1. The van der Waals surface area contributed by atoms with Gasteiger partial charge in [-0.05, 0) is 19.1 Å². The summed E-state index contributed by atoms with van der Waals surface area (Å²) in [4.78, 5) is 24.3. The van der Waals surface area contributed by atoms with Gasteiger partial charge in [0.15, 0.2) is 11.6 Å². The number of hydrogen-bond donors (Lipinski definition) is 1. The van der Waals surface area contributed by atoms with Crippen LogP contribution in [0.4, 0.5) is 0 Å². The minimum absolute atomic E-state index is 0.0421. The second-order valence-corrected chi connectivity index (χ2v) is 4.74. The predicted molar refractivity (Wildman–Crippen MR) is 79.1 cm³/mol. The average molecular weight is 284 g/mol. The Balaban J connectivity index is 2.22. The van der Waals surface area contributed by atoms with Crippen molar-refractivity contribution in [1.29, 1.82) is 0 Å². The van der Waals surface area contributed by atoms with Gasteiger partial charge in [0.1, 0.15) is 17.1 Å². The Bertz CT molecular complexity index is 672. The molecule has 0 saturated heterocycles. The second kappa shape index (κ2) is 6.22. The Morgan fingerprint density at radius 2 is 1.71 bits per heavy atom. The Kier molecular flexibility index (Phi) is 4.38. The van der Waals surface area contributed by atoms with Crippen LogP contribution in [0.25, 0.3) is 0 Å². The lowest BCUT2D eigenvalue weighted by atomic mass is 9.99. The molecule has 0 amide bonds. The van der Waals surface area contributed by atoms with Crippen LogP contribution in [-0.2, 0) is 0 Å². The fourth-order valence-electron chi connectivity index (χ4n) is 2.05. The third-order valence-electron chi connectivity index (χ3n) is 3.20. The van der Waals surface area contributed by atoms with Crippen molar-refractivity contribution in [3.63, 3.8) is 0 Å². The van der Waals surface area contributed by atoms with Crippen LogP contribution in [0.15, 0.2) is 42.5 Å². The molecule has 2 rings (SSSR count). The number of ether oxygens (including phenoxy) is 1. The zero-order valence-electron chi connectivity index (χ0n) is 11.9. The first-order valence-corrected chi connectivity index (χ1v) is 6.52. The van der Waals surface area contributed by atoms with Crippen LogP contribution in [0.5, 0.6) is 11.5 Å². The summed E-state index contributed by atoms with van der Waals surface area (Å²) in [5, 5.41) is 9.80. The largest absolute Gasteiger partial charge is 0.507 e. The molecule has 0 aliphatic heterocycles. The monoisotopic (exact) mass is 284 g/mol. The van der Waals surface area contributed by atoms with E-state index in [1.54, 1.807) is 24.3 Å². The summed E-state index contributed by atoms with van der Waals surface area (Å²) < 4.78 is 5.06. The smallest absolute Gasteiger partial charge is 0.178 e. The van der Waals surface area contributed by atoms with Gasteiger partial charge >= 0.3 is 0 Å². The minimum atomic E-state index is -0.462. The summed E-state index contributed by atoms with van der Waals surface area (Å²) in [5.41, 5.74) is 1.56.